The van der Waals surface area contributed by atoms with Crippen molar-refractivity contribution in [2.45, 2.75) is 13.0 Å². The molecule has 0 aromatic heterocycles. The molecular formula is C28H25O2P. The van der Waals surface area contributed by atoms with Crippen LogP contribution in [0.5, 0.6) is 0 Å². The van der Waals surface area contributed by atoms with Gasteiger partial charge in [0, 0.05) is 0 Å². The number of esters is 1. The molecule has 0 radical (unpaired) electrons. The van der Waals surface area contributed by atoms with Crippen LogP contribution in [0.3, 0.4) is 0 Å². The van der Waals surface area contributed by atoms with Crippen molar-refractivity contribution in [2.75, 3.05) is 0 Å². The van der Waals surface area contributed by atoms with Gasteiger partial charge in [0.15, 0.2) is 0 Å². The SMILES string of the molecule is O=C(CC=P(c1ccccc1)(c1ccccc1)c1ccccc1)OCc1ccccc1. The summed E-state index contributed by atoms with van der Waals surface area (Å²) in [6.07, 6.45) is 0.249. The minimum absolute atomic E-state index is 0.212. The highest BCUT2D eigenvalue weighted by Gasteiger charge is 2.25. The maximum absolute atomic E-state index is 12.7. The van der Waals surface area contributed by atoms with Crippen molar-refractivity contribution in [1.29, 1.82) is 0 Å². The number of carbonyl (C=O) groups is 1. The Morgan fingerprint density at radius 2 is 1.00 bits per heavy atom. The topological polar surface area (TPSA) is 26.3 Å². The quantitative estimate of drug-likeness (QED) is 0.311. The molecule has 0 fully saturated rings. The van der Waals surface area contributed by atoms with E-state index in [0.717, 1.165) is 5.56 Å². The van der Waals surface area contributed by atoms with Crippen LogP contribution in [-0.2, 0) is 16.1 Å². The Balaban J connectivity index is 1.75. The first-order chi connectivity index (χ1) is 15.3. The highest BCUT2D eigenvalue weighted by molar-refractivity contribution is 7.94. The fourth-order valence-electron chi connectivity index (χ4n) is 3.76. The fraction of sp³-hybridized carbons (Fsp3) is 0.0714. The molecule has 0 bridgehead atoms. The van der Waals surface area contributed by atoms with E-state index < -0.39 is 6.89 Å². The van der Waals surface area contributed by atoms with Crippen LogP contribution >= 0.6 is 6.89 Å². The van der Waals surface area contributed by atoms with E-state index in [2.05, 4.69) is 78.6 Å². The summed E-state index contributed by atoms with van der Waals surface area (Å²) in [5.41, 5.74) is 0.992. The van der Waals surface area contributed by atoms with Crippen molar-refractivity contribution in [3.05, 3.63) is 127 Å². The molecule has 0 aliphatic heterocycles. The Bertz CT molecular complexity index is 1050. The highest BCUT2D eigenvalue weighted by Crippen LogP contribution is 2.43. The largest absolute Gasteiger partial charge is 0.461 e. The van der Waals surface area contributed by atoms with E-state index in [1.54, 1.807) is 0 Å². The molecule has 0 atom stereocenters. The predicted molar refractivity (Wildman–Crippen MR) is 132 cm³/mol. The second-order valence-corrected chi connectivity index (χ2v) is 10.6. The van der Waals surface area contributed by atoms with E-state index in [-0.39, 0.29) is 12.4 Å². The molecule has 0 unspecified atom stereocenters. The van der Waals surface area contributed by atoms with Gasteiger partial charge in [0.1, 0.15) is 6.61 Å². The van der Waals surface area contributed by atoms with Crippen molar-refractivity contribution in [3.8, 4) is 0 Å². The number of ether oxygens (including phenoxy) is 1. The lowest BCUT2D eigenvalue weighted by Gasteiger charge is -2.28. The second-order valence-electron chi connectivity index (χ2n) is 7.26. The van der Waals surface area contributed by atoms with E-state index in [1.807, 2.05) is 48.5 Å². The van der Waals surface area contributed by atoms with Gasteiger partial charge in [-0.1, -0.05) is 127 Å². The molecule has 4 rings (SSSR count). The standard InChI is InChI=1S/C28H25O2P/c29-28(30-23-24-13-5-1-6-14-24)21-22-31(25-15-7-2-8-16-25,26-17-9-3-10-18-26)27-19-11-4-12-20-27/h1-20,22H,21,23H2. The Labute approximate surface area is 184 Å². The third-order valence-corrected chi connectivity index (χ3v) is 9.33. The molecule has 0 aliphatic rings. The van der Waals surface area contributed by atoms with Gasteiger partial charge in [-0.25, -0.2) is 0 Å². The maximum atomic E-state index is 12.7. The van der Waals surface area contributed by atoms with Gasteiger partial charge < -0.3 is 4.74 Å². The van der Waals surface area contributed by atoms with Crippen LogP contribution < -0.4 is 15.9 Å². The van der Waals surface area contributed by atoms with E-state index >= 15 is 0 Å². The van der Waals surface area contributed by atoms with Crippen LogP contribution in [0.4, 0.5) is 0 Å². The molecule has 4 aromatic carbocycles. The molecular weight excluding hydrogens is 399 g/mol. The molecule has 3 heteroatoms. The summed E-state index contributed by atoms with van der Waals surface area (Å²) >= 11 is 0. The van der Waals surface area contributed by atoms with Gasteiger partial charge in [-0.15, -0.1) is 0 Å². The number of benzene rings is 4. The summed E-state index contributed by atoms with van der Waals surface area (Å²) in [5, 5.41) is 3.68. The number of hydrogen-bond acceptors (Lipinski definition) is 2. The van der Waals surface area contributed by atoms with Crippen LogP contribution in [0.2, 0.25) is 0 Å². The summed E-state index contributed by atoms with van der Waals surface area (Å²) in [4.78, 5) is 12.7. The van der Waals surface area contributed by atoms with Crippen LogP contribution in [0.15, 0.2) is 121 Å². The molecule has 2 nitrogen and oxygen atoms in total. The van der Waals surface area contributed by atoms with Crippen molar-refractivity contribution in [1.82, 2.24) is 0 Å². The zero-order valence-corrected chi connectivity index (χ0v) is 18.2. The van der Waals surface area contributed by atoms with Gasteiger partial charge in [0.05, 0.1) is 6.42 Å². The van der Waals surface area contributed by atoms with Crippen LogP contribution in [0.1, 0.15) is 12.0 Å². The van der Waals surface area contributed by atoms with Crippen LogP contribution in [0, 0.1) is 0 Å². The summed E-state index contributed by atoms with van der Waals surface area (Å²) < 4.78 is 5.58. The van der Waals surface area contributed by atoms with Gasteiger partial charge in [0.25, 0.3) is 0 Å². The van der Waals surface area contributed by atoms with Crippen molar-refractivity contribution < 1.29 is 9.53 Å². The second kappa shape index (κ2) is 10.1. The molecule has 4 aromatic rings. The zero-order valence-electron chi connectivity index (χ0n) is 17.3. The molecule has 0 heterocycles. The van der Waals surface area contributed by atoms with E-state index in [9.17, 15) is 4.79 Å². The zero-order chi connectivity index (χ0) is 21.4. The van der Waals surface area contributed by atoms with E-state index in [0.29, 0.717) is 6.61 Å². The summed E-state index contributed by atoms with van der Waals surface area (Å²) in [6.45, 7) is -1.84. The van der Waals surface area contributed by atoms with Gasteiger partial charge >= 0.3 is 5.97 Å². The first kappa shape index (κ1) is 20.9. The first-order valence-corrected chi connectivity index (χ1v) is 12.2. The number of rotatable bonds is 7. The van der Waals surface area contributed by atoms with Crippen molar-refractivity contribution in [3.63, 3.8) is 0 Å². The third-order valence-electron chi connectivity index (χ3n) is 5.26. The average Bonchev–Trinajstić information content (AvgIpc) is 2.86. The Morgan fingerprint density at radius 3 is 1.42 bits per heavy atom. The maximum Gasteiger partial charge on any atom is 0.310 e. The molecule has 0 aliphatic carbocycles. The predicted octanol–water partition coefficient (Wildman–Crippen LogP) is 4.92. The van der Waals surface area contributed by atoms with Crippen molar-refractivity contribution >= 4 is 34.6 Å². The minimum Gasteiger partial charge on any atom is -0.461 e. The molecule has 0 spiro atoms. The average molecular weight is 424 g/mol. The lowest BCUT2D eigenvalue weighted by Crippen LogP contribution is -2.27. The molecule has 0 saturated carbocycles. The van der Waals surface area contributed by atoms with Gasteiger partial charge in [-0.05, 0) is 28.4 Å². The summed E-state index contributed by atoms with van der Waals surface area (Å²) in [5.74, 6) is 1.98. The van der Waals surface area contributed by atoms with Crippen molar-refractivity contribution in [2.24, 2.45) is 0 Å². The number of carbonyl (C=O) groups excluding carboxylic acids is 1. The molecule has 0 N–H and O–H groups in total. The van der Waals surface area contributed by atoms with E-state index in [4.69, 9.17) is 4.74 Å². The van der Waals surface area contributed by atoms with Gasteiger partial charge in [-0.3, -0.25) is 4.79 Å². The first-order valence-electron chi connectivity index (χ1n) is 10.4. The van der Waals surface area contributed by atoms with Gasteiger partial charge in [0.2, 0.25) is 0 Å². The summed E-state index contributed by atoms with van der Waals surface area (Å²) in [7, 11) is 0. The van der Waals surface area contributed by atoms with Crippen LogP contribution in [0.25, 0.3) is 0 Å². The van der Waals surface area contributed by atoms with Gasteiger partial charge in [-0.2, -0.15) is 0 Å². The normalized spacial score (nSPS) is 11.0. The number of hydrogen-bond donors (Lipinski definition) is 0. The molecule has 0 amide bonds. The monoisotopic (exact) mass is 424 g/mol. The van der Waals surface area contributed by atoms with E-state index in [1.165, 1.54) is 15.9 Å². The smallest absolute Gasteiger partial charge is 0.310 e. The Kier molecular flexibility index (Phi) is 6.82. The summed E-state index contributed by atoms with van der Waals surface area (Å²) in [6, 6.07) is 41.3. The fourth-order valence-corrected chi connectivity index (χ4v) is 7.64. The minimum atomic E-state index is -2.13. The highest BCUT2D eigenvalue weighted by atomic mass is 31.2. The Morgan fingerprint density at radius 1 is 0.613 bits per heavy atom. The molecule has 154 valence electrons. The third kappa shape index (κ3) is 4.87. The lowest BCUT2D eigenvalue weighted by atomic mass is 10.2. The Hall–Kier alpha value is -3.35. The molecule has 0 saturated heterocycles. The van der Waals surface area contributed by atoms with Crippen LogP contribution in [-0.4, -0.2) is 11.8 Å². The lowest BCUT2D eigenvalue weighted by molar-refractivity contribution is -0.143. The molecule has 31 heavy (non-hydrogen) atoms.